The third kappa shape index (κ3) is 3.26. The zero-order valence-corrected chi connectivity index (χ0v) is 15.2. The third-order valence-electron chi connectivity index (χ3n) is 3.63. The van der Waals surface area contributed by atoms with Crippen LogP contribution in [0.1, 0.15) is 16.2 Å². The molecule has 0 radical (unpaired) electrons. The molecule has 0 unspecified atom stereocenters. The van der Waals surface area contributed by atoms with Crippen LogP contribution < -0.4 is 5.32 Å². The van der Waals surface area contributed by atoms with Gasteiger partial charge in [0.2, 0.25) is 0 Å². The number of carbonyl (C=O) groups is 1. The van der Waals surface area contributed by atoms with Crippen LogP contribution in [0.4, 0.5) is 5.13 Å². The van der Waals surface area contributed by atoms with E-state index in [0.29, 0.717) is 21.6 Å². The summed E-state index contributed by atoms with van der Waals surface area (Å²) < 4.78 is 7.14. The van der Waals surface area contributed by atoms with E-state index in [0.717, 1.165) is 11.4 Å². The second-order valence-corrected chi connectivity index (χ2v) is 6.82. The fourth-order valence-electron chi connectivity index (χ4n) is 2.44. The van der Waals surface area contributed by atoms with Gasteiger partial charge in [0, 0.05) is 16.5 Å². The van der Waals surface area contributed by atoms with E-state index in [4.69, 9.17) is 16.0 Å². The van der Waals surface area contributed by atoms with E-state index in [1.54, 1.807) is 35.2 Å². The molecule has 8 heteroatoms. The first-order valence-corrected chi connectivity index (χ1v) is 8.99. The van der Waals surface area contributed by atoms with Crippen molar-refractivity contribution >= 4 is 34.0 Å². The van der Waals surface area contributed by atoms with Crippen LogP contribution in [0.15, 0.2) is 58.5 Å². The van der Waals surface area contributed by atoms with Gasteiger partial charge >= 0.3 is 0 Å². The number of nitrogens with one attached hydrogen (secondary N) is 1. The number of nitrogens with zero attached hydrogens (tertiary/aromatic N) is 3. The summed E-state index contributed by atoms with van der Waals surface area (Å²) in [6.07, 6.45) is 1.58. The molecular formula is C18H13ClN4O2S. The Labute approximate surface area is 158 Å². The van der Waals surface area contributed by atoms with Crippen molar-refractivity contribution in [2.75, 3.05) is 5.32 Å². The zero-order chi connectivity index (χ0) is 18.1. The Morgan fingerprint density at radius 1 is 1.27 bits per heavy atom. The number of amides is 1. The van der Waals surface area contributed by atoms with E-state index >= 15 is 0 Å². The maximum absolute atomic E-state index is 12.6. The molecule has 0 atom stereocenters. The molecule has 4 aromatic rings. The van der Waals surface area contributed by atoms with Gasteiger partial charge in [-0.05, 0) is 43.3 Å². The molecule has 0 bridgehead atoms. The molecule has 0 saturated heterocycles. The Bertz CT molecular complexity index is 1050. The Hall–Kier alpha value is -2.90. The van der Waals surface area contributed by atoms with E-state index in [1.165, 1.54) is 11.3 Å². The number of carbonyl (C=O) groups excluding carboxylic acids is 1. The van der Waals surface area contributed by atoms with E-state index in [1.807, 2.05) is 30.5 Å². The molecule has 6 nitrogen and oxygen atoms in total. The predicted octanol–water partition coefficient (Wildman–Crippen LogP) is 4.80. The van der Waals surface area contributed by atoms with Crippen LogP contribution in [-0.4, -0.2) is 20.7 Å². The maximum atomic E-state index is 12.6. The highest BCUT2D eigenvalue weighted by atomic mass is 35.5. The number of hydrogen-bond donors (Lipinski definition) is 1. The molecule has 3 heterocycles. The molecule has 0 fully saturated rings. The number of benzene rings is 1. The van der Waals surface area contributed by atoms with Crippen LogP contribution >= 0.6 is 22.9 Å². The molecule has 4 rings (SSSR count). The monoisotopic (exact) mass is 384 g/mol. The number of thiazole rings is 1. The lowest BCUT2D eigenvalue weighted by Crippen LogP contribution is -2.13. The third-order valence-corrected chi connectivity index (χ3v) is 4.75. The Morgan fingerprint density at radius 2 is 2.08 bits per heavy atom. The minimum absolute atomic E-state index is 0.263. The van der Waals surface area contributed by atoms with Gasteiger partial charge in [-0.15, -0.1) is 11.3 Å². The van der Waals surface area contributed by atoms with E-state index in [2.05, 4.69) is 15.4 Å². The van der Waals surface area contributed by atoms with Gasteiger partial charge in [0.05, 0.1) is 17.6 Å². The molecule has 0 aliphatic heterocycles. The number of aromatic nitrogens is 3. The number of rotatable bonds is 4. The topological polar surface area (TPSA) is 73.0 Å². The minimum Gasteiger partial charge on any atom is -0.463 e. The molecular weight excluding hydrogens is 372 g/mol. The van der Waals surface area contributed by atoms with Crippen molar-refractivity contribution in [2.45, 2.75) is 6.92 Å². The van der Waals surface area contributed by atoms with Gasteiger partial charge in [-0.1, -0.05) is 11.6 Å². The van der Waals surface area contributed by atoms with Crippen molar-refractivity contribution in [3.8, 4) is 17.1 Å². The SMILES string of the molecule is Cc1csc(NC(=O)c2cc(-c3ccco3)n(-c3ccc(Cl)cc3)n2)n1. The highest BCUT2D eigenvalue weighted by Gasteiger charge is 2.19. The summed E-state index contributed by atoms with van der Waals surface area (Å²) >= 11 is 7.34. The first-order chi connectivity index (χ1) is 12.6. The second kappa shape index (κ2) is 6.78. The van der Waals surface area contributed by atoms with E-state index in [9.17, 15) is 4.79 Å². The van der Waals surface area contributed by atoms with E-state index < -0.39 is 0 Å². The summed E-state index contributed by atoms with van der Waals surface area (Å²) in [5, 5.41) is 10.2. The van der Waals surface area contributed by atoms with Crippen LogP contribution in [0.3, 0.4) is 0 Å². The molecule has 0 saturated carbocycles. The molecule has 3 aromatic heterocycles. The Balaban J connectivity index is 1.73. The molecule has 1 amide bonds. The van der Waals surface area contributed by atoms with Gasteiger partial charge in [0.25, 0.3) is 5.91 Å². The molecule has 0 spiro atoms. The lowest BCUT2D eigenvalue weighted by atomic mass is 10.2. The minimum atomic E-state index is -0.333. The van der Waals surface area contributed by atoms with Crippen molar-refractivity contribution in [1.29, 1.82) is 0 Å². The van der Waals surface area contributed by atoms with Crippen LogP contribution in [0.2, 0.25) is 5.02 Å². The Kier molecular flexibility index (Phi) is 4.32. The van der Waals surface area contributed by atoms with Crippen molar-refractivity contribution in [3.63, 3.8) is 0 Å². The summed E-state index contributed by atoms with van der Waals surface area (Å²) in [5.74, 6) is 0.275. The fourth-order valence-corrected chi connectivity index (χ4v) is 3.25. The Morgan fingerprint density at radius 3 is 2.73 bits per heavy atom. The zero-order valence-electron chi connectivity index (χ0n) is 13.6. The molecule has 0 aliphatic carbocycles. The van der Waals surface area contributed by atoms with Gasteiger partial charge in [-0.3, -0.25) is 10.1 Å². The fraction of sp³-hybridized carbons (Fsp3) is 0.0556. The predicted molar refractivity (Wildman–Crippen MR) is 101 cm³/mol. The number of halogens is 1. The quantitative estimate of drug-likeness (QED) is 0.548. The molecule has 26 heavy (non-hydrogen) atoms. The highest BCUT2D eigenvalue weighted by Crippen LogP contribution is 2.26. The van der Waals surface area contributed by atoms with Crippen molar-refractivity contribution < 1.29 is 9.21 Å². The van der Waals surface area contributed by atoms with Gasteiger partial charge in [-0.2, -0.15) is 5.10 Å². The summed E-state index contributed by atoms with van der Waals surface area (Å²) in [4.78, 5) is 16.8. The van der Waals surface area contributed by atoms with Gasteiger partial charge in [0.15, 0.2) is 16.6 Å². The van der Waals surface area contributed by atoms with Crippen molar-refractivity contribution in [2.24, 2.45) is 0 Å². The maximum Gasteiger partial charge on any atom is 0.277 e. The molecule has 1 N–H and O–H groups in total. The largest absolute Gasteiger partial charge is 0.463 e. The summed E-state index contributed by atoms with van der Waals surface area (Å²) in [6.45, 7) is 1.87. The van der Waals surface area contributed by atoms with Crippen LogP contribution in [0, 0.1) is 6.92 Å². The average molecular weight is 385 g/mol. The smallest absolute Gasteiger partial charge is 0.277 e. The summed E-state index contributed by atoms with van der Waals surface area (Å²) in [6, 6.07) is 12.5. The summed E-state index contributed by atoms with van der Waals surface area (Å²) in [7, 11) is 0. The number of hydrogen-bond acceptors (Lipinski definition) is 5. The van der Waals surface area contributed by atoms with Crippen molar-refractivity contribution in [1.82, 2.24) is 14.8 Å². The normalized spacial score (nSPS) is 10.8. The lowest BCUT2D eigenvalue weighted by molar-refractivity contribution is 0.102. The molecule has 0 aliphatic rings. The first-order valence-electron chi connectivity index (χ1n) is 7.73. The van der Waals surface area contributed by atoms with Crippen molar-refractivity contribution in [3.05, 3.63) is 70.5 Å². The van der Waals surface area contributed by atoms with Crippen LogP contribution in [0.5, 0.6) is 0 Å². The van der Waals surface area contributed by atoms with Gasteiger partial charge in [-0.25, -0.2) is 9.67 Å². The molecule has 130 valence electrons. The number of anilines is 1. The van der Waals surface area contributed by atoms with E-state index in [-0.39, 0.29) is 11.6 Å². The van der Waals surface area contributed by atoms with Crippen LogP contribution in [-0.2, 0) is 0 Å². The molecule has 1 aromatic carbocycles. The summed E-state index contributed by atoms with van der Waals surface area (Å²) in [5.41, 5.74) is 2.55. The highest BCUT2D eigenvalue weighted by molar-refractivity contribution is 7.13. The van der Waals surface area contributed by atoms with Crippen LogP contribution in [0.25, 0.3) is 17.1 Å². The van der Waals surface area contributed by atoms with Gasteiger partial charge in [0.1, 0.15) is 5.69 Å². The standard InChI is InChI=1S/C18H13ClN4O2S/c1-11-10-26-18(20-11)21-17(24)14-9-15(16-3-2-8-25-16)23(22-14)13-6-4-12(19)5-7-13/h2-10H,1H3,(H,20,21,24). The average Bonchev–Trinajstić information content (AvgIpc) is 3.35. The first kappa shape index (κ1) is 16.6. The lowest BCUT2D eigenvalue weighted by Gasteiger charge is -2.05. The number of aryl methyl sites for hydroxylation is 1. The number of furan rings is 1. The van der Waals surface area contributed by atoms with Gasteiger partial charge < -0.3 is 4.42 Å². The second-order valence-electron chi connectivity index (χ2n) is 5.53.